The molecule has 7 heteroatoms. The standard InChI is InChI=1S/C14H7ClFIN2O2/c15-9-5-8-12(18-14(21)19-13(8)20)11(17)10(9)6-1-3-7(16)4-2-6/h1-5H,(H2,18,19,20,21). The molecule has 0 aliphatic heterocycles. The minimum absolute atomic E-state index is 0.301. The Kier molecular flexibility index (Phi) is 3.58. The Morgan fingerprint density at radius 3 is 2.43 bits per heavy atom. The van der Waals surface area contributed by atoms with Gasteiger partial charge in [-0.2, -0.15) is 0 Å². The smallest absolute Gasteiger partial charge is 0.306 e. The molecular formula is C14H7ClFIN2O2. The van der Waals surface area contributed by atoms with Crippen LogP contribution in [0.5, 0.6) is 0 Å². The first-order valence-electron chi connectivity index (χ1n) is 5.87. The topological polar surface area (TPSA) is 65.7 Å². The Morgan fingerprint density at radius 2 is 1.76 bits per heavy atom. The third-order valence-corrected chi connectivity index (χ3v) is 4.44. The van der Waals surface area contributed by atoms with Crippen LogP contribution in [0.4, 0.5) is 4.39 Å². The number of rotatable bonds is 1. The van der Waals surface area contributed by atoms with Crippen LogP contribution in [0.15, 0.2) is 39.9 Å². The molecule has 2 aromatic carbocycles. The molecule has 0 unspecified atom stereocenters. The number of benzene rings is 2. The fourth-order valence-corrected chi connectivity index (χ4v) is 3.62. The van der Waals surface area contributed by atoms with Crippen LogP contribution in [0.2, 0.25) is 5.02 Å². The number of aromatic nitrogens is 2. The maximum atomic E-state index is 13.0. The molecule has 1 aromatic heterocycles. The molecule has 2 N–H and O–H groups in total. The van der Waals surface area contributed by atoms with E-state index in [9.17, 15) is 14.0 Å². The molecule has 0 aliphatic rings. The highest BCUT2D eigenvalue weighted by Crippen LogP contribution is 2.35. The lowest BCUT2D eigenvalue weighted by Gasteiger charge is -2.10. The molecule has 0 amide bonds. The van der Waals surface area contributed by atoms with Crippen molar-refractivity contribution < 1.29 is 4.39 Å². The highest BCUT2D eigenvalue weighted by Gasteiger charge is 2.15. The van der Waals surface area contributed by atoms with E-state index in [0.29, 0.717) is 30.6 Å². The summed E-state index contributed by atoms with van der Waals surface area (Å²) < 4.78 is 13.7. The van der Waals surface area contributed by atoms with Crippen molar-refractivity contribution in [1.29, 1.82) is 0 Å². The van der Waals surface area contributed by atoms with Gasteiger partial charge in [0.05, 0.1) is 15.9 Å². The maximum absolute atomic E-state index is 13.0. The lowest BCUT2D eigenvalue weighted by Crippen LogP contribution is -2.22. The first-order valence-corrected chi connectivity index (χ1v) is 7.33. The first kappa shape index (κ1) is 14.3. The highest BCUT2D eigenvalue weighted by molar-refractivity contribution is 14.1. The fraction of sp³-hybridized carbons (Fsp3) is 0. The Balaban J connectivity index is 2.41. The molecular weight excluding hydrogens is 410 g/mol. The van der Waals surface area contributed by atoms with Gasteiger partial charge in [0.2, 0.25) is 0 Å². The zero-order valence-electron chi connectivity index (χ0n) is 10.3. The summed E-state index contributed by atoms with van der Waals surface area (Å²) >= 11 is 8.26. The van der Waals surface area contributed by atoms with Crippen LogP contribution in [0, 0.1) is 9.39 Å². The summed E-state index contributed by atoms with van der Waals surface area (Å²) in [7, 11) is 0. The molecule has 4 nitrogen and oxygen atoms in total. The van der Waals surface area contributed by atoms with Gasteiger partial charge >= 0.3 is 5.69 Å². The Hall–Kier alpha value is -1.67. The summed E-state index contributed by atoms with van der Waals surface area (Å²) in [5.41, 5.74) is 0.671. The maximum Gasteiger partial charge on any atom is 0.326 e. The van der Waals surface area contributed by atoms with E-state index in [4.69, 9.17) is 11.6 Å². The van der Waals surface area contributed by atoms with E-state index in [1.54, 1.807) is 12.1 Å². The lowest BCUT2D eigenvalue weighted by molar-refractivity contribution is 0.628. The van der Waals surface area contributed by atoms with Gasteiger partial charge in [-0.05, 0) is 46.4 Å². The number of fused-ring (bicyclic) bond motifs is 1. The summed E-state index contributed by atoms with van der Waals surface area (Å²) in [5, 5.41) is 0.658. The highest BCUT2D eigenvalue weighted by atomic mass is 127. The molecule has 3 aromatic rings. The van der Waals surface area contributed by atoms with Crippen molar-refractivity contribution >= 4 is 45.1 Å². The van der Waals surface area contributed by atoms with Crippen LogP contribution >= 0.6 is 34.2 Å². The molecule has 0 atom stereocenters. The summed E-state index contributed by atoms with van der Waals surface area (Å²) in [6.07, 6.45) is 0. The Morgan fingerprint density at radius 1 is 1.10 bits per heavy atom. The summed E-state index contributed by atoms with van der Waals surface area (Å²) in [5.74, 6) is -0.351. The number of nitrogens with one attached hydrogen (secondary N) is 2. The second-order valence-corrected chi connectivity index (χ2v) is 5.87. The number of aromatic amines is 2. The van der Waals surface area contributed by atoms with Gasteiger partial charge in [-0.3, -0.25) is 9.78 Å². The van der Waals surface area contributed by atoms with Crippen molar-refractivity contribution in [1.82, 2.24) is 9.97 Å². The van der Waals surface area contributed by atoms with Crippen LogP contribution in [-0.4, -0.2) is 9.97 Å². The number of H-pyrrole nitrogens is 2. The van der Waals surface area contributed by atoms with E-state index in [-0.39, 0.29) is 5.82 Å². The van der Waals surface area contributed by atoms with E-state index in [1.807, 2.05) is 22.6 Å². The van der Waals surface area contributed by atoms with E-state index >= 15 is 0 Å². The third-order valence-electron chi connectivity index (χ3n) is 3.06. The SMILES string of the molecule is O=c1[nH]c(=O)c2cc(Cl)c(-c3ccc(F)cc3)c(I)c2[nH]1. The van der Waals surface area contributed by atoms with E-state index in [0.717, 1.165) is 0 Å². The van der Waals surface area contributed by atoms with Crippen molar-refractivity contribution in [3.8, 4) is 11.1 Å². The molecule has 1 heterocycles. The summed E-state index contributed by atoms with van der Waals surface area (Å²) in [6.45, 7) is 0. The van der Waals surface area contributed by atoms with Crippen LogP contribution in [0.3, 0.4) is 0 Å². The van der Waals surface area contributed by atoms with E-state index < -0.39 is 11.2 Å². The number of halogens is 3. The molecule has 0 bridgehead atoms. The molecule has 0 saturated heterocycles. The van der Waals surface area contributed by atoms with Gasteiger partial charge in [-0.15, -0.1) is 0 Å². The lowest BCUT2D eigenvalue weighted by atomic mass is 10.0. The molecule has 106 valence electrons. The van der Waals surface area contributed by atoms with Crippen LogP contribution < -0.4 is 11.2 Å². The van der Waals surface area contributed by atoms with Crippen LogP contribution in [0.1, 0.15) is 0 Å². The minimum Gasteiger partial charge on any atom is -0.306 e. The van der Waals surface area contributed by atoms with Gasteiger partial charge in [0, 0.05) is 9.13 Å². The normalized spacial score (nSPS) is 11.0. The zero-order chi connectivity index (χ0) is 15.1. The van der Waals surface area contributed by atoms with Gasteiger partial charge < -0.3 is 4.98 Å². The molecule has 0 aliphatic carbocycles. The largest absolute Gasteiger partial charge is 0.326 e. The van der Waals surface area contributed by atoms with Gasteiger partial charge in [0.25, 0.3) is 5.56 Å². The average Bonchev–Trinajstić information content (AvgIpc) is 2.42. The minimum atomic E-state index is -0.585. The quantitative estimate of drug-likeness (QED) is 0.598. The third kappa shape index (κ3) is 2.49. The Bertz CT molecular complexity index is 964. The van der Waals surface area contributed by atoms with Gasteiger partial charge in [-0.1, -0.05) is 23.7 Å². The number of hydrogen-bond acceptors (Lipinski definition) is 2. The van der Waals surface area contributed by atoms with Crippen molar-refractivity contribution in [3.05, 3.63) is 65.6 Å². The fourth-order valence-electron chi connectivity index (χ4n) is 2.12. The molecule has 0 saturated carbocycles. The van der Waals surface area contributed by atoms with E-state index in [2.05, 4.69) is 9.97 Å². The predicted molar refractivity (Wildman–Crippen MR) is 88.3 cm³/mol. The summed E-state index contributed by atoms with van der Waals surface area (Å²) in [4.78, 5) is 28.0. The van der Waals surface area contributed by atoms with Gasteiger partial charge in [-0.25, -0.2) is 9.18 Å². The van der Waals surface area contributed by atoms with E-state index in [1.165, 1.54) is 18.2 Å². The first-order chi connectivity index (χ1) is 9.97. The monoisotopic (exact) mass is 416 g/mol. The van der Waals surface area contributed by atoms with Crippen molar-refractivity contribution in [2.24, 2.45) is 0 Å². The van der Waals surface area contributed by atoms with Crippen molar-refractivity contribution in [2.45, 2.75) is 0 Å². The summed E-state index contributed by atoms with van der Waals surface area (Å²) in [6, 6.07) is 7.33. The van der Waals surface area contributed by atoms with Crippen molar-refractivity contribution in [2.75, 3.05) is 0 Å². The van der Waals surface area contributed by atoms with Gasteiger partial charge in [0.15, 0.2) is 0 Å². The van der Waals surface area contributed by atoms with Gasteiger partial charge in [0.1, 0.15) is 5.82 Å². The van der Waals surface area contributed by atoms with Crippen LogP contribution in [0.25, 0.3) is 22.0 Å². The number of hydrogen-bond donors (Lipinski definition) is 2. The molecule has 0 radical (unpaired) electrons. The molecule has 0 spiro atoms. The average molecular weight is 417 g/mol. The molecule has 21 heavy (non-hydrogen) atoms. The van der Waals surface area contributed by atoms with Crippen LogP contribution in [-0.2, 0) is 0 Å². The second-order valence-electron chi connectivity index (χ2n) is 4.39. The molecule has 3 rings (SSSR count). The Labute approximate surface area is 136 Å². The predicted octanol–water partition coefficient (Wildman–Crippen LogP) is 3.28. The zero-order valence-corrected chi connectivity index (χ0v) is 13.3. The van der Waals surface area contributed by atoms with Crippen molar-refractivity contribution in [3.63, 3.8) is 0 Å². The second kappa shape index (κ2) is 5.27. The molecule has 0 fully saturated rings.